The molecule has 0 unspecified atom stereocenters. The third-order valence-corrected chi connectivity index (χ3v) is 3.67. The van der Waals surface area contributed by atoms with Crippen LogP contribution in [0.3, 0.4) is 0 Å². The molecule has 0 aliphatic rings. The lowest BCUT2D eigenvalue weighted by atomic mass is 10.2. The van der Waals surface area contributed by atoms with Gasteiger partial charge in [0.1, 0.15) is 12.0 Å². The van der Waals surface area contributed by atoms with E-state index in [4.69, 9.17) is 5.11 Å². The second-order valence-corrected chi connectivity index (χ2v) is 5.42. The molecular weight excluding hydrogens is 272 g/mol. The van der Waals surface area contributed by atoms with E-state index in [2.05, 4.69) is 14.4 Å². The quantitative estimate of drug-likeness (QED) is 0.849. The molecule has 0 aliphatic heterocycles. The fourth-order valence-electron chi connectivity index (χ4n) is 1.43. The van der Waals surface area contributed by atoms with Crippen LogP contribution < -0.4 is 4.72 Å². The molecular formula is C11H10N2O5S. The van der Waals surface area contributed by atoms with Crippen LogP contribution in [0.4, 0.5) is 5.69 Å². The third-order valence-electron chi connectivity index (χ3n) is 2.27. The largest absolute Gasteiger partial charge is 0.481 e. The van der Waals surface area contributed by atoms with E-state index < -0.39 is 16.0 Å². The molecule has 0 aliphatic carbocycles. The van der Waals surface area contributed by atoms with Crippen LogP contribution in [-0.4, -0.2) is 24.7 Å². The minimum atomic E-state index is -3.73. The Labute approximate surface area is 108 Å². The zero-order valence-electron chi connectivity index (χ0n) is 9.61. The first-order chi connectivity index (χ1) is 8.97. The van der Waals surface area contributed by atoms with Crippen LogP contribution in [0, 0.1) is 0 Å². The zero-order chi connectivity index (χ0) is 13.9. The van der Waals surface area contributed by atoms with Crippen molar-refractivity contribution in [3.8, 4) is 0 Å². The van der Waals surface area contributed by atoms with Gasteiger partial charge in [0, 0.05) is 0 Å². The number of benzene rings is 1. The van der Waals surface area contributed by atoms with Crippen molar-refractivity contribution in [1.29, 1.82) is 0 Å². The van der Waals surface area contributed by atoms with Crippen molar-refractivity contribution in [3.63, 3.8) is 0 Å². The highest BCUT2D eigenvalue weighted by molar-refractivity contribution is 7.92. The zero-order valence-corrected chi connectivity index (χ0v) is 10.4. The topological polar surface area (TPSA) is 110 Å². The molecule has 2 rings (SSSR count). The highest BCUT2D eigenvalue weighted by Gasteiger charge is 2.15. The van der Waals surface area contributed by atoms with Crippen molar-refractivity contribution in [2.24, 2.45) is 0 Å². The van der Waals surface area contributed by atoms with E-state index >= 15 is 0 Å². The Hall–Kier alpha value is -2.35. The van der Waals surface area contributed by atoms with Crippen LogP contribution in [0.15, 0.2) is 46.1 Å². The smallest absolute Gasteiger partial charge is 0.307 e. The van der Waals surface area contributed by atoms with Gasteiger partial charge in [-0.1, -0.05) is 17.3 Å². The highest BCUT2D eigenvalue weighted by atomic mass is 32.2. The Morgan fingerprint density at radius 3 is 2.53 bits per heavy atom. The first-order valence-corrected chi connectivity index (χ1v) is 6.68. The summed E-state index contributed by atoms with van der Waals surface area (Å²) in [5.41, 5.74) is 0.742. The van der Waals surface area contributed by atoms with E-state index in [-0.39, 0.29) is 17.0 Å². The molecule has 0 fully saturated rings. The summed E-state index contributed by atoms with van der Waals surface area (Å²) in [6.45, 7) is 0. The molecule has 2 aromatic rings. The lowest BCUT2D eigenvalue weighted by Gasteiger charge is -2.05. The second-order valence-electron chi connectivity index (χ2n) is 3.73. The van der Waals surface area contributed by atoms with Gasteiger partial charge in [-0.25, -0.2) is 8.42 Å². The van der Waals surface area contributed by atoms with Crippen LogP contribution in [-0.2, 0) is 21.2 Å². The molecule has 1 aromatic carbocycles. The lowest BCUT2D eigenvalue weighted by Crippen LogP contribution is -2.12. The third kappa shape index (κ3) is 3.32. The average Bonchev–Trinajstić information content (AvgIpc) is 2.81. The van der Waals surface area contributed by atoms with Gasteiger partial charge < -0.3 is 9.63 Å². The Kier molecular flexibility index (Phi) is 3.52. The number of hydrogen-bond donors (Lipinski definition) is 2. The molecule has 19 heavy (non-hydrogen) atoms. The maximum atomic E-state index is 11.9. The number of carboxylic acids is 1. The van der Waals surface area contributed by atoms with E-state index in [1.807, 2.05) is 0 Å². The number of aromatic nitrogens is 1. The van der Waals surface area contributed by atoms with E-state index in [0.717, 1.165) is 6.26 Å². The molecule has 0 atom stereocenters. The van der Waals surface area contributed by atoms with Crippen molar-refractivity contribution < 1.29 is 22.8 Å². The van der Waals surface area contributed by atoms with Crippen molar-refractivity contribution >= 4 is 21.7 Å². The maximum Gasteiger partial charge on any atom is 0.307 e. The highest BCUT2D eigenvalue weighted by Crippen LogP contribution is 2.16. The van der Waals surface area contributed by atoms with E-state index in [0.29, 0.717) is 5.56 Å². The summed E-state index contributed by atoms with van der Waals surface area (Å²) in [5, 5.41) is 12.0. The lowest BCUT2D eigenvalue weighted by molar-refractivity contribution is -0.136. The number of carbonyl (C=O) groups is 1. The Bertz CT molecular complexity index is 662. The van der Waals surface area contributed by atoms with Crippen LogP contribution >= 0.6 is 0 Å². The summed E-state index contributed by atoms with van der Waals surface area (Å²) in [6.07, 6.45) is 2.24. The second kappa shape index (κ2) is 5.11. The molecule has 1 aromatic heterocycles. The van der Waals surface area contributed by atoms with E-state index in [9.17, 15) is 13.2 Å². The van der Waals surface area contributed by atoms with Crippen molar-refractivity contribution in [2.45, 2.75) is 11.3 Å². The van der Waals surface area contributed by atoms with Crippen LogP contribution in [0.25, 0.3) is 0 Å². The van der Waals surface area contributed by atoms with Crippen molar-refractivity contribution in [1.82, 2.24) is 5.16 Å². The van der Waals surface area contributed by atoms with Gasteiger partial charge in [-0.05, 0) is 17.7 Å². The molecule has 2 N–H and O–H groups in total. The number of anilines is 1. The molecule has 0 saturated heterocycles. The minimum absolute atomic E-state index is 0.0304. The summed E-state index contributed by atoms with van der Waals surface area (Å²) in [5.74, 6) is -0.974. The van der Waals surface area contributed by atoms with Gasteiger partial charge in [0.15, 0.2) is 0 Å². The number of nitrogens with zero attached hydrogens (tertiary/aromatic N) is 1. The molecule has 0 spiro atoms. The Balaban J connectivity index is 2.19. The standard InChI is InChI=1S/C11H10N2O5S/c14-11(15)5-8-1-3-10(4-2-8)19(16,17)13-9-6-12-18-7-9/h1-4,6-7,13H,5H2,(H,14,15). The molecule has 1 heterocycles. The number of nitrogens with one attached hydrogen (secondary N) is 1. The summed E-state index contributed by atoms with van der Waals surface area (Å²) in [6, 6.07) is 5.59. The Morgan fingerprint density at radius 2 is 2.00 bits per heavy atom. The molecule has 0 saturated carbocycles. The van der Waals surface area contributed by atoms with Gasteiger partial charge in [-0.15, -0.1) is 0 Å². The van der Waals surface area contributed by atoms with Crippen LogP contribution in [0.1, 0.15) is 5.56 Å². The van der Waals surface area contributed by atoms with Crippen molar-refractivity contribution in [3.05, 3.63) is 42.3 Å². The van der Waals surface area contributed by atoms with Gasteiger partial charge in [-0.2, -0.15) is 0 Å². The summed E-state index contributed by atoms with van der Waals surface area (Å²) in [7, 11) is -3.73. The number of aliphatic carboxylic acids is 1. The molecule has 100 valence electrons. The van der Waals surface area contributed by atoms with Gasteiger partial charge in [0.05, 0.1) is 17.5 Å². The fourth-order valence-corrected chi connectivity index (χ4v) is 2.45. The fraction of sp³-hybridized carbons (Fsp3) is 0.0909. The summed E-state index contributed by atoms with van der Waals surface area (Å²) in [4.78, 5) is 10.5. The first kappa shape index (κ1) is 13.1. The number of carboxylic acid groups (broad SMARTS) is 1. The van der Waals surface area contributed by atoms with Gasteiger partial charge in [0.25, 0.3) is 10.0 Å². The van der Waals surface area contributed by atoms with E-state index in [1.54, 1.807) is 0 Å². The SMILES string of the molecule is O=C(O)Cc1ccc(S(=O)(=O)Nc2cnoc2)cc1. The van der Waals surface area contributed by atoms with Gasteiger partial charge in [-0.3, -0.25) is 9.52 Å². The average molecular weight is 282 g/mol. The molecule has 7 nitrogen and oxygen atoms in total. The van der Waals surface area contributed by atoms with Crippen molar-refractivity contribution in [2.75, 3.05) is 4.72 Å². The molecule has 0 radical (unpaired) electrons. The number of hydrogen-bond acceptors (Lipinski definition) is 5. The maximum absolute atomic E-state index is 11.9. The van der Waals surface area contributed by atoms with Crippen LogP contribution in [0.5, 0.6) is 0 Å². The van der Waals surface area contributed by atoms with Gasteiger partial charge >= 0.3 is 5.97 Å². The number of sulfonamides is 1. The Morgan fingerprint density at radius 1 is 1.32 bits per heavy atom. The van der Waals surface area contributed by atoms with Crippen LogP contribution in [0.2, 0.25) is 0 Å². The van der Waals surface area contributed by atoms with Gasteiger partial charge in [0.2, 0.25) is 0 Å². The number of rotatable bonds is 5. The predicted molar refractivity (Wildman–Crippen MR) is 65.1 cm³/mol. The summed E-state index contributed by atoms with van der Waals surface area (Å²) < 4.78 is 30.7. The molecule has 0 bridgehead atoms. The normalized spacial score (nSPS) is 11.2. The summed E-state index contributed by atoms with van der Waals surface area (Å²) >= 11 is 0. The predicted octanol–water partition coefficient (Wildman–Crippen LogP) is 1.10. The first-order valence-electron chi connectivity index (χ1n) is 5.20. The minimum Gasteiger partial charge on any atom is -0.481 e. The monoisotopic (exact) mass is 282 g/mol. The van der Waals surface area contributed by atoms with E-state index in [1.165, 1.54) is 30.5 Å². The molecule has 8 heteroatoms. The molecule has 0 amide bonds.